The summed E-state index contributed by atoms with van der Waals surface area (Å²) in [7, 11) is 1.49. The largest absolute Gasteiger partial charge is 0.468 e. The maximum atomic E-state index is 17.0. The highest BCUT2D eigenvalue weighted by Crippen LogP contribution is 2.42. The monoisotopic (exact) mass is 664 g/mol. The second-order valence-electron chi connectivity index (χ2n) is 13.1. The minimum Gasteiger partial charge on any atom is -0.468 e. The Morgan fingerprint density at radius 3 is 2.77 bits per heavy atom. The zero-order valence-electron chi connectivity index (χ0n) is 27.1. The summed E-state index contributed by atoms with van der Waals surface area (Å²) in [6.45, 7) is 3.97. The Morgan fingerprint density at radius 1 is 1.12 bits per heavy atom. The molecule has 2 N–H and O–H groups in total. The number of primary amides is 1. The number of piperidine rings is 1. The van der Waals surface area contributed by atoms with Crippen molar-refractivity contribution in [2.24, 2.45) is 11.7 Å². The van der Waals surface area contributed by atoms with Gasteiger partial charge in [-0.05, 0) is 73.2 Å². The molecule has 3 atom stereocenters. The van der Waals surface area contributed by atoms with Gasteiger partial charge in [0.2, 0.25) is 5.91 Å². The van der Waals surface area contributed by atoms with Gasteiger partial charge in [0.15, 0.2) is 12.6 Å². The lowest BCUT2D eigenvalue weighted by atomic mass is 9.94. The van der Waals surface area contributed by atoms with Gasteiger partial charge in [-0.1, -0.05) is 13.0 Å². The number of anilines is 1. The van der Waals surface area contributed by atoms with Gasteiger partial charge in [0.1, 0.15) is 41.4 Å². The van der Waals surface area contributed by atoms with E-state index in [2.05, 4.69) is 14.9 Å². The molecule has 0 radical (unpaired) electrons. The normalized spacial score (nSPS) is 22.8. The van der Waals surface area contributed by atoms with Crippen molar-refractivity contribution < 1.29 is 32.2 Å². The van der Waals surface area contributed by atoms with Gasteiger partial charge < -0.3 is 24.8 Å². The summed E-state index contributed by atoms with van der Waals surface area (Å²) in [4.78, 5) is 30.1. The van der Waals surface area contributed by atoms with Crippen molar-refractivity contribution in [1.29, 1.82) is 0 Å². The number of aryl methyl sites for hydroxylation is 1. The van der Waals surface area contributed by atoms with E-state index in [0.717, 1.165) is 19.4 Å². The van der Waals surface area contributed by atoms with Crippen LogP contribution in [0.2, 0.25) is 0 Å². The number of rotatable bonds is 10. The molecule has 13 heteroatoms. The molecule has 10 nitrogen and oxygen atoms in total. The molecule has 3 saturated heterocycles. The molecule has 48 heavy (non-hydrogen) atoms. The van der Waals surface area contributed by atoms with E-state index in [0.29, 0.717) is 84.2 Å². The van der Waals surface area contributed by atoms with Crippen LogP contribution in [0.4, 0.5) is 19.0 Å². The molecule has 1 unspecified atom stereocenters. The quantitative estimate of drug-likeness (QED) is 0.225. The molecule has 4 aromatic rings. The Bertz CT molecular complexity index is 1880. The number of halogens is 3. The first-order chi connectivity index (χ1) is 23.2. The van der Waals surface area contributed by atoms with Gasteiger partial charge in [-0.3, -0.25) is 14.7 Å². The predicted molar refractivity (Wildman–Crippen MR) is 175 cm³/mol. The van der Waals surface area contributed by atoms with Crippen LogP contribution in [0.15, 0.2) is 30.5 Å². The zero-order valence-corrected chi connectivity index (χ0v) is 27.1. The molecule has 5 heterocycles. The number of amides is 1. The lowest BCUT2D eigenvalue weighted by Gasteiger charge is -2.33. The lowest BCUT2D eigenvalue weighted by Crippen LogP contribution is -2.43. The smallest absolute Gasteiger partial charge is 0.319 e. The summed E-state index contributed by atoms with van der Waals surface area (Å²) in [6, 6.07) is 6.34. The molecule has 254 valence electrons. The second-order valence-corrected chi connectivity index (χ2v) is 13.1. The van der Waals surface area contributed by atoms with Gasteiger partial charge in [0.25, 0.3) is 0 Å². The van der Waals surface area contributed by atoms with Gasteiger partial charge >= 0.3 is 6.01 Å². The standard InChI is InChI=1S/C35H39F3N6O4/c1-3-24-27(37)8-7-20-12-23(48-19-46-2)13-25(28(20)24)30-29(38)31-26(15-40-30)33(43-10-4-6-21(16-43)32(39)45)42-34(41-31)47-18-35-9-5-11-44(35)17-22(36)14-35/h7-8,12-13,15,21-22H,3-6,9-11,14,16-19H2,1-2H3,(H2,39,45)/t21-,22-,35?/m1/s1. The minimum absolute atomic E-state index is 0.0393. The number of carbonyl (C=O) groups excluding carboxylic acids is 1. The van der Waals surface area contributed by atoms with Crippen LogP contribution in [0.5, 0.6) is 11.8 Å². The number of benzene rings is 2. The van der Waals surface area contributed by atoms with Crippen LogP contribution in [-0.4, -0.2) is 84.2 Å². The molecule has 3 fully saturated rings. The van der Waals surface area contributed by atoms with E-state index in [-0.39, 0.29) is 30.6 Å². The maximum Gasteiger partial charge on any atom is 0.319 e. The van der Waals surface area contributed by atoms with Crippen molar-refractivity contribution in [3.8, 4) is 23.0 Å². The van der Waals surface area contributed by atoms with E-state index in [4.69, 9.17) is 24.9 Å². The highest BCUT2D eigenvalue weighted by molar-refractivity contribution is 6.02. The first kappa shape index (κ1) is 32.3. The summed E-state index contributed by atoms with van der Waals surface area (Å²) in [5.74, 6) is -1.20. The molecule has 3 aliphatic rings. The number of alkyl halides is 1. The number of carbonyl (C=O) groups is 1. The Balaban J connectivity index is 1.38. The molecule has 3 aliphatic heterocycles. The van der Waals surface area contributed by atoms with Crippen molar-refractivity contribution in [2.45, 2.75) is 57.2 Å². The van der Waals surface area contributed by atoms with E-state index >= 15 is 8.78 Å². The fourth-order valence-electron chi connectivity index (χ4n) is 7.80. The van der Waals surface area contributed by atoms with Crippen LogP contribution in [0.25, 0.3) is 32.9 Å². The average Bonchev–Trinajstić information content (AvgIpc) is 3.62. The maximum absolute atomic E-state index is 17.0. The molecular weight excluding hydrogens is 625 g/mol. The molecule has 0 spiro atoms. The SMILES string of the molecule is CCc1c(F)ccc2cc(OCOC)cc(-c3ncc4c(N5CCC[C@@H](C(N)=O)C5)nc(OCC56CCCN5C[C@H](F)C6)nc4c3F)c12. The van der Waals surface area contributed by atoms with Crippen LogP contribution in [0, 0.1) is 17.6 Å². The Kier molecular flexibility index (Phi) is 8.75. The summed E-state index contributed by atoms with van der Waals surface area (Å²) < 4.78 is 63.7. The van der Waals surface area contributed by atoms with Crippen molar-refractivity contribution in [2.75, 3.05) is 51.6 Å². The van der Waals surface area contributed by atoms with E-state index in [9.17, 15) is 9.18 Å². The van der Waals surface area contributed by atoms with Crippen molar-refractivity contribution >= 4 is 33.4 Å². The molecule has 1 amide bonds. The molecule has 7 rings (SSSR count). The molecular formula is C35H39F3N6O4. The number of pyridine rings is 1. The van der Waals surface area contributed by atoms with E-state index < -0.39 is 35.2 Å². The fourth-order valence-corrected chi connectivity index (χ4v) is 7.80. The lowest BCUT2D eigenvalue weighted by molar-refractivity contribution is -0.122. The van der Waals surface area contributed by atoms with Gasteiger partial charge in [-0.15, -0.1) is 0 Å². The van der Waals surface area contributed by atoms with E-state index in [1.165, 1.54) is 19.4 Å². The number of ether oxygens (including phenoxy) is 3. The molecule has 0 bridgehead atoms. The van der Waals surface area contributed by atoms with Crippen LogP contribution >= 0.6 is 0 Å². The fraction of sp³-hybridized carbons (Fsp3) is 0.486. The van der Waals surface area contributed by atoms with Crippen LogP contribution < -0.4 is 20.1 Å². The Hall–Kier alpha value is -4.23. The molecule has 0 aliphatic carbocycles. The van der Waals surface area contributed by atoms with Crippen LogP contribution in [-0.2, 0) is 16.0 Å². The number of hydrogen-bond acceptors (Lipinski definition) is 9. The third kappa shape index (κ3) is 5.76. The second kappa shape index (κ2) is 13.0. The van der Waals surface area contributed by atoms with E-state index in [1.807, 2.05) is 11.8 Å². The first-order valence-corrected chi connectivity index (χ1v) is 16.5. The van der Waals surface area contributed by atoms with Gasteiger partial charge in [0, 0.05) is 44.9 Å². The zero-order chi connectivity index (χ0) is 33.6. The number of methoxy groups -OCH3 is 1. The first-order valence-electron chi connectivity index (χ1n) is 16.5. The topological polar surface area (TPSA) is 116 Å². The Morgan fingerprint density at radius 2 is 1.98 bits per heavy atom. The van der Waals surface area contributed by atoms with Gasteiger partial charge in [0.05, 0.1) is 16.8 Å². The summed E-state index contributed by atoms with van der Waals surface area (Å²) in [5.41, 5.74) is 5.89. The summed E-state index contributed by atoms with van der Waals surface area (Å²) >= 11 is 0. The van der Waals surface area contributed by atoms with E-state index in [1.54, 1.807) is 18.2 Å². The number of nitrogens with zero attached hydrogens (tertiary/aromatic N) is 5. The number of hydrogen-bond donors (Lipinski definition) is 1. The van der Waals surface area contributed by atoms with Gasteiger partial charge in [-0.25, -0.2) is 13.2 Å². The van der Waals surface area contributed by atoms with Crippen molar-refractivity contribution in [3.63, 3.8) is 0 Å². The summed E-state index contributed by atoms with van der Waals surface area (Å²) in [6.07, 6.45) is 4.33. The van der Waals surface area contributed by atoms with Crippen molar-refractivity contribution in [3.05, 3.63) is 47.7 Å². The van der Waals surface area contributed by atoms with Crippen LogP contribution in [0.1, 0.15) is 44.6 Å². The average molecular weight is 665 g/mol. The molecule has 2 aromatic carbocycles. The van der Waals surface area contributed by atoms with Crippen LogP contribution in [0.3, 0.4) is 0 Å². The minimum atomic E-state index is -0.941. The molecule has 0 saturated carbocycles. The summed E-state index contributed by atoms with van der Waals surface area (Å²) in [5, 5.41) is 1.50. The van der Waals surface area contributed by atoms with Crippen molar-refractivity contribution in [1.82, 2.24) is 19.9 Å². The third-order valence-corrected chi connectivity index (χ3v) is 10.1. The highest BCUT2D eigenvalue weighted by Gasteiger charge is 2.49. The third-order valence-electron chi connectivity index (χ3n) is 10.1. The Labute approximate surface area is 276 Å². The molecule has 2 aromatic heterocycles. The number of aromatic nitrogens is 3. The number of nitrogens with two attached hydrogens (primary N) is 1. The number of fused-ring (bicyclic) bond motifs is 3. The predicted octanol–water partition coefficient (Wildman–Crippen LogP) is 5.33. The van der Waals surface area contributed by atoms with Gasteiger partial charge in [-0.2, -0.15) is 9.97 Å². The highest BCUT2D eigenvalue weighted by atomic mass is 19.1.